The molecule has 0 saturated heterocycles. The van der Waals surface area contributed by atoms with Crippen LogP contribution in [0.2, 0.25) is 0 Å². The zero-order valence-electron chi connectivity index (χ0n) is 17.1. The van der Waals surface area contributed by atoms with Crippen LogP contribution >= 0.6 is 0 Å². The smallest absolute Gasteiger partial charge is 0.287 e. The molecule has 8 nitrogen and oxygen atoms in total. The van der Waals surface area contributed by atoms with Crippen molar-refractivity contribution < 1.29 is 19.1 Å². The van der Waals surface area contributed by atoms with Gasteiger partial charge in [-0.25, -0.2) is 5.43 Å². The summed E-state index contributed by atoms with van der Waals surface area (Å²) in [7, 11) is 3.06. The molecule has 0 aliphatic rings. The van der Waals surface area contributed by atoms with Crippen molar-refractivity contribution in [2.24, 2.45) is 5.10 Å². The van der Waals surface area contributed by atoms with Crippen LogP contribution in [0.5, 0.6) is 11.5 Å². The second kappa shape index (κ2) is 10.4. The van der Waals surface area contributed by atoms with E-state index in [0.29, 0.717) is 22.6 Å². The molecule has 3 aromatic rings. The molecule has 0 spiro atoms. The Labute approximate surface area is 179 Å². The summed E-state index contributed by atoms with van der Waals surface area (Å²) in [6.45, 7) is 0. The van der Waals surface area contributed by atoms with E-state index in [0.717, 1.165) is 5.69 Å². The Kier molecular flexibility index (Phi) is 7.21. The predicted octanol–water partition coefficient (Wildman–Crippen LogP) is 2.95. The lowest BCUT2D eigenvalue weighted by molar-refractivity contribution is -0.117. The van der Waals surface area contributed by atoms with E-state index in [1.54, 1.807) is 60.8 Å². The Hall–Kier alpha value is -4.33. The average molecular weight is 418 g/mol. The summed E-state index contributed by atoms with van der Waals surface area (Å²) in [6, 6.07) is 17.4. The van der Waals surface area contributed by atoms with Crippen molar-refractivity contribution in [3.05, 3.63) is 89.4 Å². The molecular weight excluding hydrogens is 396 g/mol. The van der Waals surface area contributed by atoms with E-state index in [4.69, 9.17) is 9.47 Å². The van der Waals surface area contributed by atoms with Crippen LogP contribution in [0.1, 0.15) is 21.6 Å². The van der Waals surface area contributed by atoms with Crippen LogP contribution in [0.4, 0.5) is 0 Å². The van der Waals surface area contributed by atoms with E-state index in [9.17, 15) is 9.59 Å². The van der Waals surface area contributed by atoms with Gasteiger partial charge >= 0.3 is 0 Å². The summed E-state index contributed by atoms with van der Waals surface area (Å²) in [5, 5.41) is 6.57. The number of ether oxygens (including phenoxy) is 2. The van der Waals surface area contributed by atoms with Crippen LogP contribution in [0, 0.1) is 0 Å². The van der Waals surface area contributed by atoms with Crippen LogP contribution in [0.3, 0.4) is 0 Å². The number of aromatic amines is 1. The van der Waals surface area contributed by atoms with Crippen molar-refractivity contribution in [3.63, 3.8) is 0 Å². The first-order valence-electron chi connectivity index (χ1n) is 9.37. The van der Waals surface area contributed by atoms with Gasteiger partial charge in [0.25, 0.3) is 11.8 Å². The number of H-pyrrole nitrogens is 1. The van der Waals surface area contributed by atoms with Crippen LogP contribution < -0.4 is 20.2 Å². The second-order valence-electron chi connectivity index (χ2n) is 6.32. The molecule has 0 unspecified atom stereocenters. The second-order valence-corrected chi connectivity index (χ2v) is 6.32. The molecule has 0 saturated carbocycles. The number of methoxy groups -OCH3 is 2. The maximum atomic E-state index is 12.7. The zero-order valence-corrected chi connectivity index (χ0v) is 17.1. The van der Waals surface area contributed by atoms with Gasteiger partial charge in [0.15, 0.2) is 11.5 Å². The highest BCUT2D eigenvalue weighted by Crippen LogP contribution is 2.28. The fourth-order valence-corrected chi connectivity index (χ4v) is 2.70. The van der Waals surface area contributed by atoms with Crippen LogP contribution in [-0.2, 0) is 4.79 Å². The molecular formula is C23H22N4O4. The van der Waals surface area contributed by atoms with Gasteiger partial charge in [0.2, 0.25) is 0 Å². The molecule has 0 fully saturated rings. The van der Waals surface area contributed by atoms with Gasteiger partial charge in [-0.2, -0.15) is 5.10 Å². The highest BCUT2D eigenvalue weighted by molar-refractivity contribution is 6.05. The van der Waals surface area contributed by atoms with Gasteiger partial charge in [-0.15, -0.1) is 0 Å². The molecule has 8 heteroatoms. The number of rotatable bonds is 8. The van der Waals surface area contributed by atoms with Gasteiger partial charge in [-0.1, -0.05) is 24.3 Å². The number of hydrazone groups is 1. The monoisotopic (exact) mass is 418 g/mol. The third kappa shape index (κ3) is 5.83. The number of amides is 2. The third-order valence-electron chi connectivity index (χ3n) is 4.24. The number of hydrogen-bond acceptors (Lipinski definition) is 5. The number of carbonyl (C=O) groups excluding carboxylic acids is 2. The normalized spacial score (nSPS) is 11.2. The largest absolute Gasteiger partial charge is 0.493 e. The SMILES string of the molecule is COc1ccc(/C=C(\NC(=O)c2ccccc2)C(=O)N/N=C/c2ccc[nH]2)cc1OC. The van der Waals surface area contributed by atoms with Crippen molar-refractivity contribution in [2.45, 2.75) is 0 Å². The maximum Gasteiger partial charge on any atom is 0.287 e. The van der Waals surface area contributed by atoms with Crippen LogP contribution in [0.15, 0.2) is 77.7 Å². The molecule has 3 rings (SSSR count). The Balaban J connectivity index is 1.86. The van der Waals surface area contributed by atoms with E-state index in [1.165, 1.54) is 26.5 Å². The lowest BCUT2D eigenvalue weighted by atomic mass is 10.1. The first-order chi connectivity index (χ1) is 15.1. The number of nitrogens with zero attached hydrogens (tertiary/aromatic N) is 1. The van der Waals surface area contributed by atoms with E-state index in [2.05, 4.69) is 20.8 Å². The van der Waals surface area contributed by atoms with Crippen LogP contribution in [-0.4, -0.2) is 37.2 Å². The molecule has 1 aromatic heterocycles. The molecule has 0 bridgehead atoms. The van der Waals surface area contributed by atoms with Gasteiger partial charge < -0.3 is 19.8 Å². The number of nitrogens with one attached hydrogen (secondary N) is 3. The van der Waals surface area contributed by atoms with Gasteiger partial charge in [0, 0.05) is 11.8 Å². The predicted molar refractivity (Wildman–Crippen MR) is 118 cm³/mol. The molecule has 0 aliphatic heterocycles. The first-order valence-corrected chi connectivity index (χ1v) is 9.37. The van der Waals surface area contributed by atoms with E-state index in [-0.39, 0.29) is 5.70 Å². The minimum Gasteiger partial charge on any atom is -0.493 e. The molecule has 2 aromatic carbocycles. The summed E-state index contributed by atoms with van der Waals surface area (Å²) in [4.78, 5) is 28.3. The van der Waals surface area contributed by atoms with Gasteiger partial charge in [-0.05, 0) is 48.0 Å². The lowest BCUT2D eigenvalue weighted by Gasteiger charge is -2.11. The Morgan fingerprint density at radius 2 is 1.74 bits per heavy atom. The lowest BCUT2D eigenvalue weighted by Crippen LogP contribution is -2.32. The fourth-order valence-electron chi connectivity index (χ4n) is 2.70. The van der Waals surface area contributed by atoms with E-state index >= 15 is 0 Å². The van der Waals surface area contributed by atoms with Crippen molar-refractivity contribution >= 4 is 24.1 Å². The van der Waals surface area contributed by atoms with Crippen molar-refractivity contribution in [1.82, 2.24) is 15.7 Å². The molecule has 0 atom stereocenters. The molecule has 1 heterocycles. The number of carbonyl (C=O) groups is 2. The highest BCUT2D eigenvalue weighted by Gasteiger charge is 2.15. The minimum absolute atomic E-state index is 0.0182. The fraction of sp³-hybridized carbons (Fsp3) is 0.0870. The molecule has 31 heavy (non-hydrogen) atoms. The zero-order chi connectivity index (χ0) is 22.1. The number of benzene rings is 2. The van der Waals surface area contributed by atoms with E-state index in [1.807, 2.05) is 6.07 Å². The van der Waals surface area contributed by atoms with Crippen molar-refractivity contribution in [1.29, 1.82) is 0 Å². The van der Waals surface area contributed by atoms with Crippen molar-refractivity contribution in [3.8, 4) is 11.5 Å². The highest BCUT2D eigenvalue weighted by atomic mass is 16.5. The molecule has 3 N–H and O–H groups in total. The standard InChI is InChI=1S/C23H22N4O4/c1-30-20-11-10-16(14-21(20)31-2)13-19(26-22(28)17-7-4-3-5-8-17)23(29)27-25-15-18-9-6-12-24-18/h3-15,24H,1-2H3,(H,26,28)(H,27,29)/b19-13-,25-15+. The molecule has 158 valence electrons. The number of hydrogen-bond donors (Lipinski definition) is 3. The summed E-state index contributed by atoms with van der Waals surface area (Å²) in [5.41, 5.74) is 4.21. The summed E-state index contributed by atoms with van der Waals surface area (Å²) < 4.78 is 10.5. The molecule has 0 aliphatic carbocycles. The molecule has 2 amide bonds. The third-order valence-corrected chi connectivity index (χ3v) is 4.24. The first kappa shape index (κ1) is 21.4. The van der Waals surface area contributed by atoms with Gasteiger partial charge in [0.05, 0.1) is 26.1 Å². The van der Waals surface area contributed by atoms with Crippen LogP contribution in [0.25, 0.3) is 6.08 Å². The summed E-state index contributed by atoms with van der Waals surface area (Å²) in [5.74, 6) is 0.0439. The average Bonchev–Trinajstić information content (AvgIpc) is 3.32. The molecule has 0 radical (unpaired) electrons. The topological polar surface area (TPSA) is 105 Å². The Morgan fingerprint density at radius 1 is 0.968 bits per heavy atom. The summed E-state index contributed by atoms with van der Waals surface area (Å²) in [6.07, 6.45) is 4.74. The van der Waals surface area contributed by atoms with Gasteiger partial charge in [-0.3, -0.25) is 9.59 Å². The summed E-state index contributed by atoms with van der Waals surface area (Å²) >= 11 is 0. The minimum atomic E-state index is -0.582. The van der Waals surface area contributed by atoms with E-state index < -0.39 is 11.8 Å². The number of aromatic nitrogens is 1. The maximum absolute atomic E-state index is 12.7. The Bertz CT molecular complexity index is 1090. The quantitative estimate of drug-likeness (QED) is 0.297. The van der Waals surface area contributed by atoms with Gasteiger partial charge in [0.1, 0.15) is 5.70 Å². The Morgan fingerprint density at radius 3 is 2.42 bits per heavy atom. The van der Waals surface area contributed by atoms with Crippen molar-refractivity contribution in [2.75, 3.05) is 14.2 Å².